The summed E-state index contributed by atoms with van der Waals surface area (Å²) in [5.74, 6) is 0. The first-order valence-electron chi connectivity index (χ1n) is 13.2. The fourth-order valence-corrected chi connectivity index (χ4v) is 6.62. The van der Waals surface area contributed by atoms with Gasteiger partial charge in [-0.1, -0.05) is 116 Å². The Morgan fingerprint density at radius 3 is 1.61 bits per heavy atom. The highest BCUT2D eigenvalue weighted by Gasteiger charge is 2.31. The summed E-state index contributed by atoms with van der Waals surface area (Å²) in [4.78, 5) is 0. The average Bonchev–Trinajstić information content (AvgIpc) is 2.71. The summed E-state index contributed by atoms with van der Waals surface area (Å²) in [6.07, 6.45) is 27.0. The molecule has 1 unspecified atom stereocenters. The first kappa shape index (κ1) is 26.2. The second-order valence-electron chi connectivity index (χ2n) is 9.28. The van der Waals surface area contributed by atoms with E-state index in [4.69, 9.17) is 4.74 Å². The van der Waals surface area contributed by atoms with Gasteiger partial charge in [0.1, 0.15) is 0 Å². The van der Waals surface area contributed by atoms with Gasteiger partial charge in [-0.3, -0.25) is 5.32 Å². The molecule has 0 radical (unpaired) electrons. The molecule has 0 aliphatic carbocycles. The number of unbranched alkanes of at least 4 members (excludes halogenated alkanes) is 15. The number of nitrogens with one attached hydrogen (secondary N) is 1. The van der Waals surface area contributed by atoms with E-state index in [0.29, 0.717) is 0 Å². The number of hydrogen-bond donors (Lipinski definition) is 1. The van der Waals surface area contributed by atoms with Crippen molar-refractivity contribution in [1.29, 1.82) is 0 Å². The molecule has 0 saturated carbocycles. The van der Waals surface area contributed by atoms with Gasteiger partial charge in [-0.2, -0.15) is 0 Å². The summed E-state index contributed by atoms with van der Waals surface area (Å²) in [5.41, 5.74) is 0. The molecule has 0 aromatic rings. The number of ether oxygens (including phenoxy) is 1. The molecule has 0 aromatic carbocycles. The van der Waals surface area contributed by atoms with Crippen LogP contribution in [0.2, 0.25) is 6.04 Å². The summed E-state index contributed by atoms with van der Waals surface area (Å²) < 4.78 is 6.19. The number of hydrogen-bond acceptors (Lipinski definition) is 2. The maximum absolute atomic E-state index is 6.19. The van der Waals surface area contributed by atoms with Crippen LogP contribution in [0.4, 0.5) is 0 Å². The Bertz CT molecular complexity index is 312. The van der Waals surface area contributed by atoms with E-state index in [9.17, 15) is 0 Å². The van der Waals surface area contributed by atoms with Gasteiger partial charge in [0.05, 0.1) is 14.9 Å². The first-order chi connectivity index (χ1) is 13.8. The van der Waals surface area contributed by atoms with E-state index < -0.39 is 0 Å². The average molecular weight is 412 g/mol. The fourth-order valence-electron chi connectivity index (χ4n) is 4.67. The zero-order valence-corrected chi connectivity index (χ0v) is 21.1. The molecule has 1 saturated heterocycles. The van der Waals surface area contributed by atoms with E-state index in [-0.39, 0.29) is 14.9 Å². The highest BCUT2D eigenvalue weighted by Crippen LogP contribution is 2.22. The smallest absolute Gasteiger partial charge is 0.0981 e. The molecular formula is C25H53NOSi. The summed E-state index contributed by atoms with van der Waals surface area (Å²) in [6, 6.07) is 1.35. The van der Waals surface area contributed by atoms with Crippen LogP contribution in [0.1, 0.15) is 136 Å². The summed E-state index contributed by atoms with van der Waals surface area (Å²) in [7, 11) is -0.131. The van der Waals surface area contributed by atoms with Crippen molar-refractivity contribution < 1.29 is 4.74 Å². The van der Waals surface area contributed by atoms with E-state index in [1.165, 1.54) is 135 Å². The molecule has 1 heterocycles. The first-order valence-corrected chi connectivity index (χ1v) is 14.9. The minimum atomic E-state index is -0.131. The van der Waals surface area contributed by atoms with E-state index in [1.807, 2.05) is 0 Å². The minimum absolute atomic E-state index is 0.131. The standard InChI is InChI=1S/C25H53NOSi/c1-3-5-6-7-8-9-10-11-12-13-14-15-16-17-18-20-23-26-25(28-4-2)22-19-21-24-27-25/h26H,3-24,28H2,1-2H3. The molecule has 168 valence electrons. The van der Waals surface area contributed by atoms with Gasteiger partial charge >= 0.3 is 0 Å². The van der Waals surface area contributed by atoms with Crippen molar-refractivity contribution >= 4 is 9.52 Å². The highest BCUT2D eigenvalue weighted by molar-refractivity contribution is 6.39. The molecule has 0 bridgehead atoms. The molecule has 1 atom stereocenters. The lowest BCUT2D eigenvalue weighted by atomic mass is 10.0. The van der Waals surface area contributed by atoms with Gasteiger partial charge in [-0.25, -0.2) is 0 Å². The van der Waals surface area contributed by atoms with Crippen LogP contribution in [0, 0.1) is 0 Å². The van der Waals surface area contributed by atoms with Crippen LogP contribution in [-0.2, 0) is 4.74 Å². The Morgan fingerprint density at radius 1 is 0.679 bits per heavy atom. The fraction of sp³-hybridized carbons (Fsp3) is 1.00. The van der Waals surface area contributed by atoms with Crippen LogP contribution in [0.25, 0.3) is 0 Å². The molecule has 0 amide bonds. The van der Waals surface area contributed by atoms with E-state index in [2.05, 4.69) is 19.2 Å². The van der Waals surface area contributed by atoms with Gasteiger partial charge in [0, 0.05) is 6.61 Å². The van der Waals surface area contributed by atoms with Gasteiger partial charge in [-0.05, 0) is 32.2 Å². The van der Waals surface area contributed by atoms with E-state index in [1.54, 1.807) is 0 Å². The lowest BCUT2D eigenvalue weighted by Gasteiger charge is -2.38. The summed E-state index contributed by atoms with van der Waals surface area (Å²) in [5, 5.41) is 3.98. The van der Waals surface area contributed by atoms with Crippen molar-refractivity contribution in [3.8, 4) is 0 Å². The lowest BCUT2D eigenvalue weighted by Crippen LogP contribution is -2.54. The van der Waals surface area contributed by atoms with Crippen LogP contribution >= 0.6 is 0 Å². The van der Waals surface area contributed by atoms with Crippen molar-refractivity contribution in [2.75, 3.05) is 13.2 Å². The van der Waals surface area contributed by atoms with Crippen LogP contribution in [0.3, 0.4) is 0 Å². The molecule has 1 rings (SSSR count). The van der Waals surface area contributed by atoms with E-state index in [0.717, 1.165) is 6.61 Å². The molecule has 0 spiro atoms. The Morgan fingerprint density at radius 2 is 1.18 bits per heavy atom. The third kappa shape index (κ3) is 14.2. The van der Waals surface area contributed by atoms with Crippen LogP contribution < -0.4 is 5.32 Å². The highest BCUT2D eigenvalue weighted by atomic mass is 28.2. The summed E-state index contributed by atoms with van der Waals surface area (Å²) in [6.45, 7) is 6.79. The molecule has 0 aromatic heterocycles. The Hall–Kier alpha value is 0.137. The SMILES string of the molecule is CCCCCCCCCCCCCCCCCCNC1([SiH2]CC)CCCCO1. The maximum Gasteiger partial charge on any atom is 0.0981 e. The topological polar surface area (TPSA) is 21.3 Å². The van der Waals surface area contributed by atoms with Gasteiger partial charge in [0.2, 0.25) is 0 Å². The molecule has 3 heteroatoms. The molecule has 28 heavy (non-hydrogen) atoms. The molecule has 2 nitrogen and oxygen atoms in total. The quantitative estimate of drug-likeness (QED) is 0.168. The predicted octanol–water partition coefficient (Wildman–Crippen LogP) is 7.30. The molecular weight excluding hydrogens is 358 g/mol. The van der Waals surface area contributed by atoms with Crippen molar-refractivity contribution in [2.45, 2.75) is 147 Å². The molecule has 1 aliphatic heterocycles. The zero-order chi connectivity index (χ0) is 20.2. The largest absolute Gasteiger partial charge is 0.365 e. The maximum atomic E-state index is 6.19. The van der Waals surface area contributed by atoms with Crippen molar-refractivity contribution in [2.24, 2.45) is 0 Å². The minimum Gasteiger partial charge on any atom is -0.365 e. The Labute approximate surface area is 180 Å². The summed E-state index contributed by atoms with van der Waals surface area (Å²) >= 11 is 0. The molecule has 1 N–H and O–H groups in total. The van der Waals surface area contributed by atoms with Gasteiger partial charge in [0.15, 0.2) is 0 Å². The predicted molar refractivity (Wildman–Crippen MR) is 129 cm³/mol. The van der Waals surface area contributed by atoms with Gasteiger partial charge in [0.25, 0.3) is 0 Å². The second-order valence-corrected chi connectivity index (χ2v) is 11.9. The second kappa shape index (κ2) is 19.1. The lowest BCUT2D eigenvalue weighted by molar-refractivity contribution is -0.0427. The molecule has 1 fully saturated rings. The van der Waals surface area contributed by atoms with E-state index >= 15 is 0 Å². The van der Waals surface area contributed by atoms with Crippen molar-refractivity contribution in [3.63, 3.8) is 0 Å². The van der Waals surface area contributed by atoms with Crippen LogP contribution in [0.15, 0.2) is 0 Å². The van der Waals surface area contributed by atoms with Crippen molar-refractivity contribution in [3.05, 3.63) is 0 Å². The zero-order valence-electron chi connectivity index (χ0n) is 19.7. The third-order valence-electron chi connectivity index (χ3n) is 6.48. The Balaban J connectivity index is 1.79. The van der Waals surface area contributed by atoms with Gasteiger partial charge in [-0.15, -0.1) is 0 Å². The normalized spacial score (nSPS) is 20.4. The third-order valence-corrected chi connectivity index (χ3v) is 8.60. The van der Waals surface area contributed by atoms with Gasteiger partial charge < -0.3 is 4.74 Å². The Kier molecular flexibility index (Phi) is 17.9. The van der Waals surface area contributed by atoms with Crippen LogP contribution in [-0.4, -0.2) is 28.0 Å². The van der Waals surface area contributed by atoms with Crippen LogP contribution in [0.5, 0.6) is 0 Å². The van der Waals surface area contributed by atoms with Crippen molar-refractivity contribution in [1.82, 2.24) is 5.32 Å². The number of rotatable bonds is 20. The molecule has 1 aliphatic rings. The monoisotopic (exact) mass is 411 g/mol.